The molecule has 2 heterocycles. The molecule has 29 heavy (non-hydrogen) atoms. The van der Waals surface area contributed by atoms with Gasteiger partial charge in [-0.1, -0.05) is 19.1 Å². The van der Waals surface area contributed by atoms with Crippen LogP contribution >= 0.6 is 0 Å². The molecule has 2 amide bonds. The van der Waals surface area contributed by atoms with Crippen molar-refractivity contribution in [2.24, 2.45) is 5.92 Å². The number of nitrogens with one attached hydrogen (secondary N) is 1. The lowest BCUT2D eigenvalue weighted by atomic mass is 9.83. The first-order valence-electron chi connectivity index (χ1n) is 10.2. The monoisotopic (exact) mass is 411 g/mol. The highest BCUT2D eigenvalue weighted by Crippen LogP contribution is 2.37. The van der Waals surface area contributed by atoms with Gasteiger partial charge in [0.1, 0.15) is 0 Å². The zero-order valence-electron chi connectivity index (χ0n) is 16.8. The second-order valence-corrected chi connectivity index (χ2v) is 7.88. The number of hydrogen-bond donors (Lipinski definition) is 1. The molecular formula is C21H28F3N3O2. The lowest BCUT2D eigenvalue weighted by Crippen LogP contribution is -2.48. The average molecular weight is 411 g/mol. The maximum Gasteiger partial charge on any atom is 0.416 e. The standard InChI is InChI=1S/C21H28F3N3O2/c1-3-27-12-4-5-16(27)13-25-20(29)17-10-11-18(28)26(2)19(17)14-6-8-15(9-7-14)21(22,23)24/h6-9,16-17,19H,3-5,10-13H2,1-2H3,(H,25,29). The molecule has 0 radical (unpaired) electrons. The minimum Gasteiger partial charge on any atom is -0.354 e. The Labute approximate surface area is 169 Å². The van der Waals surface area contributed by atoms with Crippen LogP contribution in [0.15, 0.2) is 24.3 Å². The molecule has 5 nitrogen and oxygen atoms in total. The minimum atomic E-state index is -4.42. The molecule has 1 N–H and O–H groups in total. The maximum absolute atomic E-state index is 13.0. The summed E-state index contributed by atoms with van der Waals surface area (Å²) in [5.74, 6) is -0.727. The Balaban J connectivity index is 1.75. The number of nitrogens with zero attached hydrogens (tertiary/aromatic N) is 2. The number of alkyl halides is 3. The second-order valence-electron chi connectivity index (χ2n) is 7.88. The van der Waals surface area contributed by atoms with E-state index in [0.29, 0.717) is 24.6 Å². The van der Waals surface area contributed by atoms with Crippen LogP contribution in [0.4, 0.5) is 13.2 Å². The van der Waals surface area contributed by atoms with Crippen LogP contribution in [0.5, 0.6) is 0 Å². The van der Waals surface area contributed by atoms with Crippen molar-refractivity contribution in [3.8, 4) is 0 Å². The molecule has 0 bridgehead atoms. The van der Waals surface area contributed by atoms with Crippen molar-refractivity contribution in [1.82, 2.24) is 15.1 Å². The van der Waals surface area contributed by atoms with E-state index in [1.165, 1.54) is 17.0 Å². The summed E-state index contributed by atoms with van der Waals surface area (Å²) >= 11 is 0. The van der Waals surface area contributed by atoms with Gasteiger partial charge in [-0.25, -0.2) is 0 Å². The van der Waals surface area contributed by atoms with Gasteiger partial charge in [-0.2, -0.15) is 13.2 Å². The van der Waals surface area contributed by atoms with Crippen molar-refractivity contribution >= 4 is 11.8 Å². The van der Waals surface area contributed by atoms with Crippen LogP contribution < -0.4 is 5.32 Å². The average Bonchev–Trinajstić information content (AvgIpc) is 3.15. The number of carbonyl (C=O) groups is 2. The van der Waals surface area contributed by atoms with Crippen molar-refractivity contribution in [1.29, 1.82) is 0 Å². The first-order valence-corrected chi connectivity index (χ1v) is 10.2. The predicted molar refractivity (Wildman–Crippen MR) is 103 cm³/mol. The smallest absolute Gasteiger partial charge is 0.354 e. The number of piperidine rings is 1. The number of amides is 2. The lowest BCUT2D eigenvalue weighted by molar-refractivity contribution is -0.142. The van der Waals surface area contributed by atoms with Gasteiger partial charge in [0, 0.05) is 26.1 Å². The molecule has 2 fully saturated rings. The quantitative estimate of drug-likeness (QED) is 0.810. The van der Waals surface area contributed by atoms with E-state index < -0.39 is 23.7 Å². The summed E-state index contributed by atoms with van der Waals surface area (Å²) in [7, 11) is 1.61. The molecular weight excluding hydrogens is 383 g/mol. The molecule has 2 aliphatic rings. The van der Waals surface area contributed by atoms with Crippen LogP contribution in [0.25, 0.3) is 0 Å². The Bertz CT molecular complexity index is 736. The Kier molecular flexibility index (Phi) is 6.51. The second kappa shape index (κ2) is 8.73. The lowest BCUT2D eigenvalue weighted by Gasteiger charge is -2.39. The first kappa shape index (κ1) is 21.6. The number of likely N-dealkylation sites (tertiary alicyclic amines) is 2. The van der Waals surface area contributed by atoms with Gasteiger partial charge in [0.25, 0.3) is 0 Å². The molecule has 2 saturated heterocycles. The van der Waals surface area contributed by atoms with Crippen LogP contribution in [0.2, 0.25) is 0 Å². The molecule has 160 valence electrons. The van der Waals surface area contributed by atoms with Gasteiger partial charge in [0.15, 0.2) is 0 Å². The first-order chi connectivity index (χ1) is 13.7. The molecule has 0 aliphatic carbocycles. The Morgan fingerprint density at radius 3 is 2.52 bits per heavy atom. The van der Waals surface area contributed by atoms with Gasteiger partial charge in [0.2, 0.25) is 11.8 Å². The molecule has 3 atom stereocenters. The number of likely N-dealkylation sites (N-methyl/N-ethyl adjacent to an activating group) is 1. The molecule has 3 unspecified atom stereocenters. The summed E-state index contributed by atoms with van der Waals surface area (Å²) in [4.78, 5) is 29.0. The van der Waals surface area contributed by atoms with Crippen LogP contribution in [-0.4, -0.2) is 54.3 Å². The van der Waals surface area contributed by atoms with Gasteiger partial charge in [-0.3, -0.25) is 14.5 Å². The maximum atomic E-state index is 13.0. The van der Waals surface area contributed by atoms with Gasteiger partial charge in [-0.05, 0) is 50.0 Å². The Morgan fingerprint density at radius 1 is 1.21 bits per heavy atom. The van der Waals surface area contributed by atoms with Crippen LogP contribution in [0.3, 0.4) is 0 Å². The third-order valence-electron chi connectivity index (χ3n) is 6.19. The fraction of sp³-hybridized carbons (Fsp3) is 0.619. The third kappa shape index (κ3) is 4.74. The van der Waals surface area contributed by atoms with E-state index in [1.807, 2.05) is 0 Å². The SMILES string of the molecule is CCN1CCCC1CNC(=O)C1CCC(=O)N(C)C1c1ccc(C(F)(F)F)cc1. The summed E-state index contributed by atoms with van der Waals surface area (Å²) < 4.78 is 38.6. The van der Waals surface area contributed by atoms with E-state index in [1.54, 1.807) is 7.05 Å². The summed E-state index contributed by atoms with van der Waals surface area (Å²) in [5, 5.41) is 3.03. The van der Waals surface area contributed by atoms with Crippen LogP contribution in [-0.2, 0) is 15.8 Å². The highest BCUT2D eigenvalue weighted by atomic mass is 19.4. The van der Waals surface area contributed by atoms with E-state index in [9.17, 15) is 22.8 Å². The number of carbonyl (C=O) groups excluding carboxylic acids is 2. The molecule has 1 aromatic carbocycles. The molecule has 0 aromatic heterocycles. The normalized spacial score (nSPS) is 26.0. The minimum absolute atomic E-state index is 0.105. The Hall–Kier alpha value is -2.09. The van der Waals surface area contributed by atoms with Crippen molar-refractivity contribution in [3.05, 3.63) is 35.4 Å². The van der Waals surface area contributed by atoms with E-state index in [2.05, 4.69) is 17.1 Å². The molecule has 3 rings (SSSR count). The number of benzene rings is 1. The predicted octanol–water partition coefficient (Wildman–Crippen LogP) is 3.22. The van der Waals surface area contributed by atoms with Crippen LogP contribution in [0, 0.1) is 5.92 Å². The number of hydrogen-bond acceptors (Lipinski definition) is 3. The molecule has 1 aromatic rings. The van der Waals surface area contributed by atoms with Gasteiger partial charge in [-0.15, -0.1) is 0 Å². The van der Waals surface area contributed by atoms with Crippen molar-refractivity contribution in [2.45, 2.75) is 50.9 Å². The van der Waals surface area contributed by atoms with Gasteiger partial charge < -0.3 is 10.2 Å². The van der Waals surface area contributed by atoms with E-state index in [-0.39, 0.29) is 18.2 Å². The summed E-state index contributed by atoms with van der Waals surface area (Å²) in [6, 6.07) is 4.52. The third-order valence-corrected chi connectivity index (χ3v) is 6.19. The van der Waals surface area contributed by atoms with Gasteiger partial charge >= 0.3 is 6.18 Å². The van der Waals surface area contributed by atoms with Crippen molar-refractivity contribution in [2.75, 3.05) is 26.7 Å². The highest BCUT2D eigenvalue weighted by molar-refractivity contribution is 5.84. The molecule has 0 spiro atoms. The van der Waals surface area contributed by atoms with Crippen LogP contribution in [0.1, 0.15) is 49.8 Å². The molecule has 0 saturated carbocycles. The fourth-order valence-electron chi connectivity index (χ4n) is 4.53. The molecule has 2 aliphatic heterocycles. The van der Waals surface area contributed by atoms with E-state index >= 15 is 0 Å². The fourth-order valence-corrected chi connectivity index (χ4v) is 4.53. The number of halogens is 3. The number of rotatable bonds is 5. The Morgan fingerprint density at radius 2 is 1.90 bits per heavy atom. The van der Waals surface area contributed by atoms with Crippen molar-refractivity contribution in [3.63, 3.8) is 0 Å². The largest absolute Gasteiger partial charge is 0.416 e. The van der Waals surface area contributed by atoms with Crippen molar-refractivity contribution < 1.29 is 22.8 Å². The van der Waals surface area contributed by atoms with Gasteiger partial charge in [0.05, 0.1) is 17.5 Å². The van der Waals surface area contributed by atoms with E-state index in [4.69, 9.17) is 0 Å². The zero-order valence-corrected chi connectivity index (χ0v) is 16.8. The zero-order chi connectivity index (χ0) is 21.2. The highest BCUT2D eigenvalue weighted by Gasteiger charge is 2.39. The molecule has 8 heteroatoms. The summed E-state index contributed by atoms with van der Waals surface area (Å²) in [6.45, 7) is 4.63. The summed E-state index contributed by atoms with van der Waals surface area (Å²) in [6.07, 6.45) is -1.61. The topological polar surface area (TPSA) is 52.7 Å². The van der Waals surface area contributed by atoms with E-state index in [0.717, 1.165) is 38.1 Å². The summed E-state index contributed by atoms with van der Waals surface area (Å²) in [5.41, 5.74) is -0.197.